The molecule has 0 aromatic heterocycles. The van der Waals surface area contributed by atoms with E-state index in [1.54, 1.807) is 11.1 Å². The minimum Gasteiger partial charge on any atom is -0.369 e. The number of piperazine rings is 1. The lowest BCUT2D eigenvalue weighted by Crippen LogP contribution is -2.47. The van der Waals surface area contributed by atoms with Gasteiger partial charge in [0.1, 0.15) is 0 Å². The molecule has 0 amide bonds. The van der Waals surface area contributed by atoms with E-state index in [1.807, 2.05) is 24.3 Å². The molecular formula is C27H34ClN2. The van der Waals surface area contributed by atoms with E-state index in [4.69, 9.17) is 11.6 Å². The Kier molecular flexibility index (Phi) is 6.85. The normalized spacial score (nSPS) is 19.9. The first kappa shape index (κ1) is 21.5. The third-order valence-electron chi connectivity index (χ3n) is 7.48. The van der Waals surface area contributed by atoms with Gasteiger partial charge in [0.25, 0.3) is 0 Å². The van der Waals surface area contributed by atoms with E-state index >= 15 is 0 Å². The van der Waals surface area contributed by atoms with Gasteiger partial charge in [-0.2, -0.15) is 0 Å². The summed E-state index contributed by atoms with van der Waals surface area (Å²) in [5.74, 6) is 0. The Labute approximate surface area is 187 Å². The van der Waals surface area contributed by atoms with Gasteiger partial charge >= 0.3 is 0 Å². The molecule has 159 valence electrons. The number of halogens is 1. The average Bonchev–Trinajstić information content (AvgIpc) is 2.81. The van der Waals surface area contributed by atoms with E-state index in [0.717, 1.165) is 37.7 Å². The molecule has 2 aliphatic rings. The Bertz CT molecular complexity index is 844. The Balaban J connectivity index is 1.51. The maximum absolute atomic E-state index is 6.19. The number of nitrogens with zero attached hydrogens (tertiary/aromatic N) is 2. The molecule has 0 N–H and O–H groups in total. The predicted molar refractivity (Wildman–Crippen MR) is 129 cm³/mol. The topological polar surface area (TPSA) is 6.48 Å². The molecule has 0 spiro atoms. The van der Waals surface area contributed by atoms with E-state index in [1.165, 1.54) is 43.4 Å². The van der Waals surface area contributed by atoms with E-state index in [9.17, 15) is 0 Å². The van der Waals surface area contributed by atoms with Crippen molar-refractivity contribution in [2.24, 2.45) is 5.41 Å². The number of benzene rings is 2. The molecule has 2 aromatic carbocycles. The van der Waals surface area contributed by atoms with Crippen LogP contribution in [0, 0.1) is 11.5 Å². The summed E-state index contributed by atoms with van der Waals surface area (Å²) in [5.41, 5.74) is 6.39. The molecule has 0 atom stereocenters. The van der Waals surface area contributed by atoms with E-state index < -0.39 is 0 Å². The number of hydrogen-bond acceptors (Lipinski definition) is 2. The van der Waals surface area contributed by atoms with Crippen molar-refractivity contribution >= 4 is 22.9 Å². The highest BCUT2D eigenvalue weighted by atomic mass is 35.5. The van der Waals surface area contributed by atoms with Crippen LogP contribution in [-0.2, 0) is 0 Å². The molecule has 1 heterocycles. The van der Waals surface area contributed by atoms with Gasteiger partial charge < -0.3 is 4.90 Å². The van der Waals surface area contributed by atoms with Gasteiger partial charge in [-0.1, -0.05) is 68.1 Å². The molecule has 2 nitrogen and oxygen atoms in total. The van der Waals surface area contributed by atoms with Crippen LogP contribution in [0.25, 0.3) is 5.57 Å². The lowest BCUT2D eigenvalue weighted by molar-refractivity contribution is 0.225. The maximum Gasteiger partial charge on any atom is 0.0406 e. The zero-order chi connectivity index (χ0) is 21.0. The second-order valence-corrected chi connectivity index (χ2v) is 9.43. The lowest BCUT2D eigenvalue weighted by Gasteiger charge is -2.41. The van der Waals surface area contributed by atoms with E-state index in [2.05, 4.69) is 54.0 Å². The highest BCUT2D eigenvalue weighted by Gasteiger charge is 2.33. The van der Waals surface area contributed by atoms with Gasteiger partial charge in [0.2, 0.25) is 0 Å². The quantitative estimate of drug-likeness (QED) is 0.511. The lowest BCUT2D eigenvalue weighted by atomic mass is 9.67. The van der Waals surface area contributed by atoms with Gasteiger partial charge in [0.15, 0.2) is 0 Å². The molecule has 0 saturated carbocycles. The number of allylic oxidation sites excluding steroid dienone is 1. The largest absolute Gasteiger partial charge is 0.369 e. The second kappa shape index (κ2) is 9.58. The monoisotopic (exact) mass is 421 g/mol. The van der Waals surface area contributed by atoms with Gasteiger partial charge in [-0.05, 0) is 66.1 Å². The van der Waals surface area contributed by atoms with Gasteiger partial charge in [0, 0.05) is 43.4 Å². The van der Waals surface area contributed by atoms with Crippen molar-refractivity contribution in [3.05, 3.63) is 70.8 Å². The van der Waals surface area contributed by atoms with Crippen molar-refractivity contribution in [2.75, 3.05) is 37.6 Å². The molecule has 1 radical (unpaired) electrons. The zero-order valence-corrected chi connectivity index (χ0v) is 19.2. The zero-order valence-electron chi connectivity index (χ0n) is 18.5. The second-order valence-electron chi connectivity index (χ2n) is 8.99. The molecule has 3 heteroatoms. The highest BCUT2D eigenvalue weighted by molar-refractivity contribution is 6.30. The third-order valence-corrected chi connectivity index (χ3v) is 7.73. The summed E-state index contributed by atoms with van der Waals surface area (Å²) in [4.78, 5) is 5.15. The first-order valence-electron chi connectivity index (χ1n) is 11.5. The summed E-state index contributed by atoms with van der Waals surface area (Å²) in [6.45, 7) is 10.3. The van der Waals surface area contributed by atoms with Crippen LogP contribution in [0.15, 0.2) is 54.1 Å². The number of rotatable bonds is 6. The Morgan fingerprint density at radius 2 is 1.60 bits per heavy atom. The van der Waals surface area contributed by atoms with Crippen molar-refractivity contribution < 1.29 is 0 Å². The summed E-state index contributed by atoms with van der Waals surface area (Å²) in [7, 11) is 0. The molecule has 4 rings (SSSR count). The number of anilines is 1. The Morgan fingerprint density at radius 3 is 2.23 bits per heavy atom. The molecule has 1 saturated heterocycles. The molecule has 0 bridgehead atoms. The predicted octanol–water partition coefficient (Wildman–Crippen LogP) is 6.71. The minimum atomic E-state index is 0.460. The van der Waals surface area contributed by atoms with E-state index in [-0.39, 0.29) is 0 Å². The number of hydrogen-bond donors (Lipinski definition) is 0. The highest BCUT2D eigenvalue weighted by Crippen LogP contribution is 2.47. The first-order valence-corrected chi connectivity index (χ1v) is 11.9. The molecular weight excluding hydrogens is 388 g/mol. The third kappa shape index (κ3) is 4.76. The molecule has 30 heavy (non-hydrogen) atoms. The van der Waals surface area contributed by atoms with Crippen LogP contribution >= 0.6 is 11.6 Å². The van der Waals surface area contributed by atoms with Crippen molar-refractivity contribution in [1.82, 2.24) is 4.90 Å². The Hall–Kier alpha value is -1.77. The van der Waals surface area contributed by atoms with Crippen LogP contribution in [0.5, 0.6) is 0 Å². The summed E-state index contributed by atoms with van der Waals surface area (Å²) in [6, 6.07) is 20.0. The molecule has 0 unspecified atom stereocenters. The first-order chi connectivity index (χ1) is 14.6. The minimum absolute atomic E-state index is 0.460. The van der Waals surface area contributed by atoms with Gasteiger partial charge in [-0.25, -0.2) is 0 Å². The van der Waals surface area contributed by atoms with Crippen LogP contribution in [0.4, 0.5) is 5.69 Å². The SMILES string of the molecule is CCC1(CC)CCC(CN2CCN(c3cc[c]cc3)CC2)=C(c2ccc(Cl)cc2)C1. The van der Waals surface area contributed by atoms with Gasteiger partial charge in [-0.15, -0.1) is 0 Å². The molecule has 1 aliphatic heterocycles. The molecule has 2 aromatic rings. The van der Waals surface area contributed by atoms with Crippen molar-refractivity contribution in [2.45, 2.75) is 46.0 Å². The van der Waals surface area contributed by atoms with Crippen molar-refractivity contribution in [3.63, 3.8) is 0 Å². The standard InChI is InChI=1S/C27H34ClN2/c1-3-27(4-2)15-14-23(26(20-27)22-10-12-24(28)13-11-22)21-29-16-18-30(19-17-29)25-8-6-5-7-9-25/h6-13H,3-4,14-21H2,1-2H3. The maximum atomic E-state index is 6.19. The van der Waals surface area contributed by atoms with Crippen molar-refractivity contribution in [1.29, 1.82) is 0 Å². The Morgan fingerprint density at radius 1 is 0.933 bits per heavy atom. The smallest absolute Gasteiger partial charge is 0.0406 e. The molecule has 1 aliphatic carbocycles. The summed E-state index contributed by atoms with van der Waals surface area (Å²) >= 11 is 6.19. The fourth-order valence-corrected chi connectivity index (χ4v) is 5.29. The van der Waals surface area contributed by atoms with Gasteiger partial charge in [-0.3, -0.25) is 4.90 Å². The van der Waals surface area contributed by atoms with Crippen LogP contribution < -0.4 is 4.90 Å². The summed E-state index contributed by atoms with van der Waals surface area (Å²) in [6.07, 6.45) is 6.29. The summed E-state index contributed by atoms with van der Waals surface area (Å²) < 4.78 is 0. The molecule has 1 fully saturated rings. The fraction of sp³-hybridized carbons (Fsp3) is 0.481. The average molecular weight is 422 g/mol. The van der Waals surface area contributed by atoms with Crippen LogP contribution in [0.3, 0.4) is 0 Å². The summed E-state index contributed by atoms with van der Waals surface area (Å²) in [5, 5.41) is 0.823. The fourth-order valence-electron chi connectivity index (χ4n) is 5.16. The van der Waals surface area contributed by atoms with E-state index in [0.29, 0.717) is 5.41 Å². The van der Waals surface area contributed by atoms with Gasteiger partial charge in [0.05, 0.1) is 0 Å². The van der Waals surface area contributed by atoms with Crippen molar-refractivity contribution in [3.8, 4) is 0 Å². The van der Waals surface area contributed by atoms with Crippen LogP contribution in [0.1, 0.15) is 51.5 Å². The van der Waals surface area contributed by atoms with Crippen LogP contribution in [0.2, 0.25) is 5.02 Å². The van der Waals surface area contributed by atoms with Crippen LogP contribution in [-0.4, -0.2) is 37.6 Å².